The minimum atomic E-state index is -2.80. The van der Waals surface area contributed by atoms with Crippen LogP contribution in [-0.2, 0) is 27.2 Å². The number of amides is 1. The fraction of sp³-hybridized carbons (Fsp3) is 0.600. The first-order valence-electron chi connectivity index (χ1n) is 8.99. The highest BCUT2D eigenvalue weighted by molar-refractivity contribution is 5.89. The molecule has 2 rings (SSSR count). The Bertz CT molecular complexity index is 691. The second-order valence-corrected chi connectivity index (χ2v) is 7.23. The van der Waals surface area contributed by atoms with Crippen LogP contribution in [0.5, 0.6) is 0 Å². The summed E-state index contributed by atoms with van der Waals surface area (Å²) in [5.41, 5.74) is 2.79. The van der Waals surface area contributed by atoms with Crippen LogP contribution in [0.3, 0.4) is 0 Å². The van der Waals surface area contributed by atoms with Gasteiger partial charge in [-0.05, 0) is 49.8 Å². The van der Waals surface area contributed by atoms with Crippen molar-refractivity contribution >= 4 is 11.9 Å². The van der Waals surface area contributed by atoms with E-state index in [1.165, 1.54) is 7.11 Å². The maximum absolute atomic E-state index is 13.5. The molecule has 0 aromatic heterocycles. The molecule has 1 aliphatic carbocycles. The minimum absolute atomic E-state index is 0.115. The number of benzene rings is 1. The van der Waals surface area contributed by atoms with Crippen LogP contribution >= 0.6 is 0 Å². The van der Waals surface area contributed by atoms with Gasteiger partial charge in [0.15, 0.2) is 0 Å². The van der Waals surface area contributed by atoms with E-state index >= 15 is 0 Å². The van der Waals surface area contributed by atoms with E-state index in [2.05, 4.69) is 5.32 Å². The van der Waals surface area contributed by atoms with Gasteiger partial charge in [0.1, 0.15) is 5.54 Å². The second kappa shape index (κ2) is 7.72. The molecule has 0 atom stereocenters. The van der Waals surface area contributed by atoms with Gasteiger partial charge in [-0.15, -0.1) is 0 Å². The Hall–Kier alpha value is -1.98. The van der Waals surface area contributed by atoms with Gasteiger partial charge in [0.25, 0.3) is 0 Å². The summed E-state index contributed by atoms with van der Waals surface area (Å²) in [6.45, 7) is 5.98. The zero-order valence-corrected chi connectivity index (χ0v) is 15.9. The largest absolute Gasteiger partial charge is 0.467 e. The van der Waals surface area contributed by atoms with E-state index in [0.717, 1.165) is 28.7 Å². The van der Waals surface area contributed by atoms with Crippen molar-refractivity contribution < 1.29 is 23.1 Å². The van der Waals surface area contributed by atoms with E-state index in [1.807, 2.05) is 32.9 Å². The molecule has 26 heavy (non-hydrogen) atoms. The molecule has 1 aliphatic rings. The number of carbonyl (C=O) groups excluding carboxylic acids is 2. The molecule has 4 nitrogen and oxygen atoms in total. The summed E-state index contributed by atoms with van der Waals surface area (Å²) in [6, 6.07) is 4.06. The molecule has 1 saturated carbocycles. The minimum Gasteiger partial charge on any atom is -0.467 e. The van der Waals surface area contributed by atoms with Crippen molar-refractivity contribution in [3.63, 3.8) is 0 Å². The predicted molar refractivity (Wildman–Crippen MR) is 95.3 cm³/mol. The fourth-order valence-corrected chi connectivity index (χ4v) is 3.74. The number of methoxy groups -OCH3 is 1. The van der Waals surface area contributed by atoms with E-state index in [1.54, 1.807) is 0 Å². The zero-order valence-electron chi connectivity index (χ0n) is 15.9. The average Bonchev–Trinajstić information content (AvgIpc) is 2.58. The van der Waals surface area contributed by atoms with Gasteiger partial charge in [-0.25, -0.2) is 13.6 Å². The van der Waals surface area contributed by atoms with E-state index in [0.29, 0.717) is 0 Å². The molecule has 0 unspecified atom stereocenters. The van der Waals surface area contributed by atoms with Crippen molar-refractivity contribution in [3.8, 4) is 0 Å². The smallest absolute Gasteiger partial charge is 0.331 e. The Morgan fingerprint density at radius 3 is 2.31 bits per heavy atom. The zero-order chi connectivity index (χ0) is 19.5. The van der Waals surface area contributed by atoms with Crippen LogP contribution < -0.4 is 5.32 Å². The van der Waals surface area contributed by atoms with E-state index in [-0.39, 0.29) is 25.2 Å². The van der Waals surface area contributed by atoms with Crippen molar-refractivity contribution in [2.45, 2.75) is 70.8 Å². The van der Waals surface area contributed by atoms with Crippen LogP contribution in [0.1, 0.15) is 54.9 Å². The van der Waals surface area contributed by atoms with Crippen molar-refractivity contribution in [2.75, 3.05) is 7.11 Å². The van der Waals surface area contributed by atoms with Crippen LogP contribution in [0, 0.1) is 13.8 Å². The number of nitrogens with one attached hydrogen (secondary N) is 1. The fourth-order valence-electron chi connectivity index (χ4n) is 3.74. The topological polar surface area (TPSA) is 55.4 Å². The molecule has 1 aromatic rings. The van der Waals surface area contributed by atoms with Gasteiger partial charge in [-0.1, -0.05) is 24.6 Å². The first-order chi connectivity index (χ1) is 12.1. The summed E-state index contributed by atoms with van der Waals surface area (Å²) >= 11 is 0. The summed E-state index contributed by atoms with van der Waals surface area (Å²) in [5, 5.41) is 2.72. The van der Waals surface area contributed by atoms with Gasteiger partial charge >= 0.3 is 5.97 Å². The van der Waals surface area contributed by atoms with Gasteiger partial charge in [0, 0.05) is 12.8 Å². The normalized spacial score (nSPS) is 18.2. The second-order valence-electron chi connectivity index (χ2n) is 7.23. The Morgan fingerprint density at radius 1 is 1.15 bits per heavy atom. The molecule has 0 aliphatic heterocycles. The van der Waals surface area contributed by atoms with Gasteiger partial charge in [0.05, 0.1) is 13.5 Å². The van der Waals surface area contributed by atoms with Crippen molar-refractivity contribution in [3.05, 3.63) is 34.4 Å². The lowest BCUT2D eigenvalue weighted by atomic mass is 9.79. The number of halogens is 2. The number of carbonyl (C=O) groups is 2. The number of alkyl halides is 2. The SMILES string of the molecule is CCc1cc(C)cc(C)c1CC(=O)NC1(C(=O)OC)CCC(F)(F)CC1. The molecule has 0 radical (unpaired) electrons. The maximum Gasteiger partial charge on any atom is 0.331 e. The molecule has 144 valence electrons. The Balaban J connectivity index is 2.20. The number of ether oxygens (including phenoxy) is 1. The molecule has 0 saturated heterocycles. The Kier molecular flexibility index (Phi) is 6.04. The standard InChI is InChI=1S/C20H27F2NO3/c1-5-15-11-13(2)10-14(3)16(15)12-17(24)23-19(18(25)26-4)6-8-20(21,22)9-7-19/h10-11H,5-9,12H2,1-4H3,(H,23,24). The first-order valence-corrected chi connectivity index (χ1v) is 8.99. The number of rotatable bonds is 5. The summed E-state index contributed by atoms with van der Waals surface area (Å²) in [4.78, 5) is 24.9. The van der Waals surface area contributed by atoms with Crippen LogP contribution in [-0.4, -0.2) is 30.4 Å². The predicted octanol–water partition coefficient (Wildman–Crippen LogP) is 3.65. The van der Waals surface area contributed by atoms with Gasteiger partial charge in [0.2, 0.25) is 11.8 Å². The lowest BCUT2D eigenvalue weighted by Gasteiger charge is -2.38. The molecular weight excluding hydrogens is 340 g/mol. The van der Waals surface area contributed by atoms with E-state index in [9.17, 15) is 18.4 Å². The number of hydrogen-bond acceptors (Lipinski definition) is 3. The van der Waals surface area contributed by atoms with Gasteiger partial charge < -0.3 is 10.1 Å². The number of aryl methyl sites for hydroxylation is 3. The number of esters is 1. The average molecular weight is 367 g/mol. The number of hydrogen-bond donors (Lipinski definition) is 1. The van der Waals surface area contributed by atoms with Crippen LogP contribution in [0.25, 0.3) is 0 Å². The summed E-state index contributed by atoms with van der Waals surface area (Å²) in [6.07, 6.45) is -0.208. The van der Waals surface area contributed by atoms with Crippen LogP contribution in [0.4, 0.5) is 8.78 Å². The lowest BCUT2D eigenvalue weighted by Crippen LogP contribution is -2.58. The summed E-state index contributed by atoms with van der Waals surface area (Å²) < 4.78 is 31.8. The van der Waals surface area contributed by atoms with Crippen LogP contribution in [0.2, 0.25) is 0 Å². The lowest BCUT2D eigenvalue weighted by molar-refractivity contribution is -0.156. The Morgan fingerprint density at radius 2 is 1.77 bits per heavy atom. The maximum atomic E-state index is 13.5. The third-order valence-corrected chi connectivity index (χ3v) is 5.22. The highest BCUT2D eigenvalue weighted by Gasteiger charge is 2.49. The van der Waals surface area contributed by atoms with Crippen molar-refractivity contribution in [1.29, 1.82) is 0 Å². The third-order valence-electron chi connectivity index (χ3n) is 5.22. The first kappa shape index (κ1) is 20.3. The monoisotopic (exact) mass is 367 g/mol. The van der Waals surface area contributed by atoms with Gasteiger partial charge in [-0.3, -0.25) is 4.79 Å². The summed E-state index contributed by atoms with van der Waals surface area (Å²) in [5.74, 6) is -3.80. The van der Waals surface area contributed by atoms with E-state index < -0.39 is 30.3 Å². The quantitative estimate of drug-likeness (QED) is 0.809. The van der Waals surface area contributed by atoms with Gasteiger partial charge in [-0.2, -0.15) is 0 Å². The molecule has 0 spiro atoms. The highest BCUT2D eigenvalue weighted by atomic mass is 19.3. The summed E-state index contributed by atoms with van der Waals surface area (Å²) in [7, 11) is 1.21. The molecule has 1 fully saturated rings. The Labute approximate surface area is 153 Å². The highest BCUT2D eigenvalue weighted by Crippen LogP contribution is 2.39. The van der Waals surface area contributed by atoms with Crippen molar-refractivity contribution in [2.24, 2.45) is 0 Å². The molecule has 6 heteroatoms. The molecular formula is C20H27F2NO3. The molecule has 1 N–H and O–H groups in total. The van der Waals surface area contributed by atoms with Crippen molar-refractivity contribution in [1.82, 2.24) is 5.32 Å². The van der Waals surface area contributed by atoms with Crippen LogP contribution in [0.15, 0.2) is 12.1 Å². The molecule has 1 aromatic carbocycles. The third kappa shape index (κ3) is 4.40. The molecule has 0 bridgehead atoms. The molecule has 1 amide bonds. The van der Waals surface area contributed by atoms with E-state index in [4.69, 9.17) is 4.74 Å². The molecule has 0 heterocycles.